The van der Waals surface area contributed by atoms with Crippen molar-refractivity contribution < 1.29 is 19.2 Å². The first-order valence-electron chi connectivity index (χ1n) is 7.69. The Morgan fingerprint density at radius 2 is 0.955 bits per heavy atom. The monoisotopic (exact) mass is 310 g/mol. The molecule has 0 unspecified atom stereocenters. The van der Waals surface area contributed by atoms with E-state index in [-0.39, 0.29) is 11.8 Å². The van der Waals surface area contributed by atoms with E-state index in [0.29, 0.717) is 51.9 Å². The number of imide groups is 2. The molecular formula is C14H22N4O4. The summed E-state index contributed by atoms with van der Waals surface area (Å²) in [7, 11) is 0. The zero-order chi connectivity index (χ0) is 15.9. The third-order valence-electron chi connectivity index (χ3n) is 4.10. The third kappa shape index (κ3) is 4.60. The Bertz CT molecular complexity index is 412. The van der Waals surface area contributed by atoms with E-state index < -0.39 is 23.6 Å². The molecule has 2 heterocycles. The SMILES string of the molecule is O=C(NC(=O)C1CCNCC1)C(=O)NC(=O)C1CCNCC1. The summed E-state index contributed by atoms with van der Waals surface area (Å²) in [4.78, 5) is 47.1. The molecule has 0 saturated carbocycles. The lowest BCUT2D eigenvalue weighted by Crippen LogP contribution is -2.49. The number of hydrogen-bond acceptors (Lipinski definition) is 6. The smallest absolute Gasteiger partial charge is 0.316 e. The quantitative estimate of drug-likeness (QED) is 0.451. The van der Waals surface area contributed by atoms with E-state index in [2.05, 4.69) is 21.3 Å². The van der Waals surface area contributed by atoms with Crippen molar-refractivity contribution in [1.82, 2.24) is 21.3 Å². The van der Waals surface area contributed by atoms with E-state index in [1.165, 1.54) is 0 Å². The maximum absolute atomic E-state index is 11.9. The van der Waals surface area contributed by atoms with Crippen LogP contribution in [0.25, 0.3) is 0 Å². The van der Waals surface area contributed by atoms with Crippen molar-refractivity contribution in [2.24, 2.45) is 11.8 Å². The normalized spacial score (nSPS) is 20.2. The summed E-state index contributed by atoms with van der Waals surface area (Å²) in [6.45, 7) is 2.86. The topological polar surface area (TPSA) is 116 Å². The predicted molar refractivity (Wildman–Crippen MR) is 77.5 cm³/mol. The molecule has 2 rings (SSSR count). The van der Waals surface area contributed by atoms with E-state index in [4.69, 9.17) is 0 Å². The van der Waals surface area contributed by atoms with Crippen LogP contribution in [0.1, 0.15) is 25.7 Å². The molecule has 2 aliphatic heterocycles. The molecule has 0 bridgehead atoms. The first-order valence-corrected chi connectivity index (χ1v) is 7.69. The largest absolute Gasteiger partial charge is 0.317 e. The average molecular weight is 310 g/mol. The molecule has 0 atom stereocenters. The Labute approximate surface area is 128 Å². The number of carbonyl (C=O) groups is 4. The zero-order valence-corrected chi connectivity index (χ0v) is 12.4. The van der Waals surface area contributed by atoms with Crippen molar-refractivity contribution in [1.29, 1.82) is 0 Å². The van der Waals surface area contributed by atoms with Crippen LogP contribution in [0, 0.1) is 11.8 Å². The highest BCUT2D eigenvalue weighted by Gasteiger charge is 2.28. The van der Waals surface area contributed by atoms with Crippen molar-refractivity contribution in [2.75, 3.05) is 26.2 Å². The van der Waals surface area contributed by atoms with Gasteiger partial charge in [0.1, 0.15) is 0 Å². The zero-order valence-electron chi connectivity index (χ0n) is 12.4. The summed E-state index contributed by atoms with van der Waals surface area (Å²) in [6.07, 6.45) is 2.53. The van der Waals surface area contributed by atoms with Gasteiger partial charge in [-0.3, -0.25) is 29.8 Å². The molecule has 0 aromatic heterocycles. The molecule has 8 heteroatoms. The Balaban J connectivity index is 1.77. The van der Waals surface area contributed by atoms with Crippen LogP contribution >= 0.6 is 0 Å². The van der Waals surface area contributed by atoms with E-state index in [1.54, 1.807) is 0 Å². The second-order valence-corrected chi connectivity index (χ2v) is 5.69. The predicted octanol–water partition coefficient (Wildman–Crippen LogP) is -1.73. The van der Waals surface area contributed by atoms with Crippen molar-refractivity contribution in [3.05, 3.63) is 0 Å². The summed E-state index contributed by atoms with van der Waals surface area (Å²) >= 11 is 0. The fourth-order valence-electron chi connectivity index (χ4n) is 2.71. The molecule has 122 valence electrons. The minimum Gasteiger partial charge on any atom is -0.317 e. The van der Waals surface area contributed by atoms with Gasteiger partial charge in [-0.1, -0.05) is 0 Å². The summed E-state index contributed by atoms with van der Waals surface area (Å²) < 4.78 is 0. The van der Waals surface area contributed by atoms with Crippen LogP contribution in [0.5, 0.6) is 0 Å². The van der Waals surface area contributed by atoms with Gasteiger partial charge in [0.2, 0.25) is 11.8 Å². The summed E-state index contributed by atoms with van der Waals surface area (Å²) in [5.41, 5.74) is 0. The first kappa shape index (κ1) is 16.6. The molecule has 0 spiro atoms. The van der Waals surface area contributed by atoms with Gasteiger partial charge in [-0.15, -0.1) is 0 Å². The van der Waals surface area contributed by atoms with Gasteiger partial charge in [0.25, 0.3) is 0 Å². The molecule has 8 nitrogen and oxygen atoms in total. The van der Waals surface area contributed by atoms with Gasteiger partial charge in [-0.25, -0.2) is 0 Å². The third-order valence-corrected chi connectivity index (χ3v) is 4.10. The molecule has 0 aliphatic carbocycles. The van der Waals surface area contributed by atoms with Gasteiger partial charge in [0.05, 0.1) is 0 Å². The Morgan fingerprint density at radius 3 is 1.27 bits per heavy atom. The van der Waals surface area contributed by atoms with Crippen LogP contribution in [0.15, 0.2) is 0 Å². The average Bonchev–Trinajstić information content (AvgIpc) is 2.56. The molecule has 4 amide bonds. The highest BCUT2D eigenvalue weighted by molar-refractivity contribution is 6.40. The van der Waals surface area contributed by atoms with Crippen LogP contribution in [0.3, 0.4) is 0 Å². The van der Waals surface area contributed by atoms with E-state index in [0.717, 1.165) is 0 Å². The minimum absolute atomic E-state index is 0.266. The van der Waals surface area contributed by atoms with Crippen LogP contribution in [0.2, 0.25) is 0 Å². The molecule has 2 saturated heterocycles. The van der Waals surface area contributed by atoms with Gasteiger partial charge in [0.15, 0.2) is 0 Å². The number of hydrogen-bond donors (Lipinski definition) is 4. The van der Waals surface area contributed by atoms with E-state index >= 15 is 0 Å². The molecule has 0 aromatic rings. The molecule has 2 aliphatic rings. The summed E-state index contributed by atoms with van der Waals surface area (Å²) in [5, 5.41) is 10.4. The van der Waals surface area contributed by atoms with Gasteiger partial charge < -0.3 is 10.6 Å². The number of piperidine rings is 2. The van der Waals surface area contributed by atoms with Crippen molar-refractivity contribution in [3.8, 4) is 0 Å². The number of amides is 4. The standard InChI is InChI=1S/C14H22N4O4/c19-11(9-1-5-15-6-2-9)17-13(21)14(22)18-12(20)10-3-7-16-8-4-10/h9-10,15-16H,1-8H2,(H,17,19,21)(H,18,20,22). The van der Waals surface area contributed by atoms with Crippen LogP contribution in [-0.4, -0.2) is 49.8 Å². The number of nitrogens with one attached hydrogen (secondary N) is 4. The lowest BCUT2D eigenvalue weighted by atomic mass is 9.97. The fourth-order valence-corrected chi connectivity index (χ4v) is 2.71. The second kappa shape index (κ2) is 8.00. The second-order valence-electron chi connectivity index (χ2n) is 5.69. The van der Waals surface area contributed by atoms with Crippen LogP contribution in [-0.2, 0) is 19.2 Å². The van der Waals surface area contributed by atoms with E-state index in [1.807, 2.05) is 0 Å². The molecule has 0 aromatic carbocycles. The Hall–Kier alpha value is -1.80. The molecule has 22 heavy (non-hydrogen) atoms. The Morgan fingerprint density at radius 1 is 0.636 bits per heavy atom. The molecule has 0 radical (unpaired) electrons. The van der Waals surface area contributed by atoms with Crippen LogP contribution in [0.4, 0.5) is 0 Å². The molecule has 4 N–H and O–H groups in total. The van der Waals surface area contributed by atoms with Crippen molar-refractivity contribution in [3.63, 3.8) is 0 Å². The van der Waals surface area contributed by atoms with Gasteiger partial charge in [-0.05, 0) is 51.9 Å². The summed E-state index contributed by atoms with van der Waals surface area (Å²) in [6, 6.07) is 0. The van der Waals surface area contributed by atoms with Gasteiger partial charge in [0, 0.05) is 11.8 Å². The van der Waals surface area contributed by atoms with Gasteiger partial charge >= 0.3 is 11.8 Å². The summed E-state index contributed by atoms with van der Waals surface area (Å²) in [5.74, 6) is -3.56. The highest BCUT2D eigenvalue weighted by atomic mass is 16.2. The van der Waals surface area contributed by atoms with Gasteiger partial charge in [-0.2, -0.15) is 0 Å². The maximum Gasteiger partial charge on any atom is 0.316 e. The Kier molecular flexibility index (Phi) is 6.02. The van der Waals surface area contributed by atoms with Crippen LogP contribution < -0.4 is 21.3 Å². The highest BCUT2D eigenvalue weighted by Crippen LogP contribution is 2.12. The minimum atomic E-state index is -1.06. The lowest BCUT2D eigenvalue weighted by Gasteiger charge is -2.22. The fraction of sp³-hybridized carbons (Fsp3) is 0.714. The number of carbonyl (C=O) groups excluding carboxylic acids is 4. The number of rotatable bonds is 2. The van der Waals surface area contributed by atoms with Crippen molar-refractivity contribution in [2.45, 2.75) is 25.7 Å². The maximum atomic E-state index is 11.9. The van der Waals surface area contributed by atoms with E-state index in [9.17, 15) is 19.2 Å². The van der Waals surface area contributed by atoms with Crippen molar-refractivity contribution >= 4 is 23.6 Å². The first-order chi connectivity index (χ1) is 10.6. The molecular weight excluding hydrogens is 288 g/mol. The molecule has 2 fully saturated rings. The lowest BCUT2D eigenvalue weighted by molar-refractivity contribution is -0.146.